The Bertz CT molecular complexity index is 2020. The summed E-state index contributed by atoms with van der Waals surface area (Å²) in [5.41, 5.74) is 6.38. The number of fused-ring (bicyclic) bond motifs is 1. The van der Waals surface area contributed by atoms with Crippen molar-refractivity contribution >= 4 is 17.7 Å². The molecule has 3 amide bonds. The fourth-order valence-corrected chi connectivity index (χ4v) is 8.82. The lowest BCUT2D eigenvalue weighted by Crippen LogP contribution is -2.53. The summed E-state index contributed by atoms with van der Waals surface area (Å²) in [6.45, 7) is 3.91. The number of ether oxygens (including phenoxy) is 2. The highest BCUT2D eigenvalue weighted by Gasteiger charge is 2.37. The van der Waals surface area contributed by atoms with Crippen LogP contribution in [0.3, 0.4) is 0 Å². The zero-order valence-corrected chi connectivity index (χ0v) is 30.5. The first-order valence-corrected chi connectivity index (χ1v) is 19.3. The summed E-state index contributed by atoms with van der Waals surface area (Å²) in [4.78, 5) is 40.5. The van der Waals surface area contributed by atoms with E-state index in [0.717, 1.165) is 57.5 Å². The topological polar surface area (TPSA) is 108 Å². The first kappa shape index (κ1) is 35.6. The van der Waals surface area contributed by atoms with Crippen molar-refractivity contribution in [3.05, 3.63) is 137 Å². The molecule has 0 radical (unpaired) electrons. The van der Waals surface area contributed by atoms with Gasteiger partial charge in [-0.15, -0.1) is 0 Å². The number of benzene rings is 4. The normalized spacial score (nSPS) is 22.1. The second kappa shape index (κ2) is 15.9. The Morgan fingerprint density at radius 2 is 1.56 bits per heavy atom. The highest BCUT2D eigenvalue weighted by atomic mass is 16.5. The van der Waals surface area contributed by atoms with E-state index in [1.807, 2.05) is 24.3 Å². The number of carbonyl (C=O) groups excluding carboxylic acids is 3. The summed E-state index contributed by atoms with van der Waals surface area (Å²) in [5.74, 6) is 2.43. The number of nitrogens with zero attached hydrogens (tertiary/aromatic N) is 2. The van der Waals surface area contributed by atoms with Crippen molar-refractivity contribution in [2.75, 3.05) is 32.8 Å². The molecule has 4 aliphatic rings. The minimum atomic E-state index is -0.653. The molecule has 0 aromatic heterocycles. The Kier molecular flexibility index (Phi) is 10.5. The van der Waals surface area contributed by atoms with Gasteiger partial charge in [0, 0.05) is 25.0 Å². The summed E-state index contributed by atoms with van der Waals surface area (Å²) in [5, 5.41) is 12.5. The molecule has 0 spiro atoms. The SMILES string of the molecule is O=C1CCC(N2CC(Oc3cccc(C4CCN(CCCOc5ccc([C@H]6c7ccc(O)cc7CC[C@H]6c6ccccc6)cc5)CC4)c3)=CC2=O)C(=O)N1. The standard InChI is InChI=1S/C45H47N3O6/c49-35-13-17-40-34(26-35)12-16-39(31-6-2-1-3-7-31)44(40)32-10-14-36(15-11-32)53-25-5-22-47-23-20-30(21-24-47)33-8-4-9-37(27-33)54-38-28-43(51)48(29-38)41-18-19-42(50)46-45(41)52/h1-4,6-11,13-15,17,26-28,30,39,41,44,49H,5,12,16,18-25,29H2,(H,46,50,52)/t39-,41?,44+/m0/s1. The van der Waals surface area contributed by atoms with Crippen LogP contribution in [0.15, 0.2) is 109 Å². The number of hydrogen-bond acceptors (Lipinski definition) is 7. The Morgan fingerprint density at radius 1 is 0.759 bits per heavy atom. The number of imide groups is 1. The van der Waals surface area contributed by atoms with Crippen LogP contribution in [0.1, 0.15) is 84.1 Å². The summed E-state index contributed by atoms with van der Waals surface area (Å²) < 4.78 is 12.3. The van der Waals surface area contributed by atoms with Crippen molar-refractivity contribution in [2.24, 2.45) is 0 Å². The number of phenolic OH excluding ortho intramolecular Hbond substituents is 1. The first-order valence-electron chi connectivity index (χ1n) is 19.3. The van der Waals surface area contributed by atoms with Crippen molar-refractivity contribution in [1.82, 2.24) is 15.1 Å². The number of hydrogen-bond donors (Lipinski definition) is 2. The van der Waals surface area contributed by atoms with Gasteiger partial charge in [0.15, 0.2) is 0 Å². The molecule has 3 aliphatic heterocycles. The number of rotatable bonds is 11. The van der Waals surface area contributed by atoms with Gasteiger partial charge in [0.2, 0.25) is 11.8 Å². The fourth-order valence-electron chi connectivity index (χ4n) is 8.82. The van der Waals surface area contributed by atoms with Gasteiger partial charge in [-0.3, -0.25) is 19.7 Å². The maximum Gasteiger partial charge on any atom is 0.251 e. The molecule has 4 aromatic carbocycles. The molecule has 1 aliphatic carbocycles. The number of likely N-dealkylation sites (tertiary alicyclic amines) is 1. The first-order chi connectivity index (χ1) is 26.4. The van der Waals surface area contributed by atoms with E-state index in [-0.39, 0.29) is 30.7 Å². The van der Waals surface area contributed by atoms with Gasteiger partial charge in [-0.2, -0.15) is 0 Å². The monoisotopic (exact) mass is 725 g/mol. The molecule has 2 saturated heterocycles. The molecule has 2 fully saturated rings. The molecule has 54 heavy (non-hydrogen) atoms. The second-order valence-corrected chi connectivity index (χ2v) is 15.0. The average Bonchev–Trinajstić information content (AvgIpc) is 3.55. The van der Waals surface area contributed by atoms with E-state index in [2.05, 4.69) is 83.0 Å². The van der Waals surface area contributed by atoms with Crippen LogP contribution in [0.5, 0.6) is 17.2 Å². The fraction of sp³-hybridized carbons (Fsp3) is 0.356. The Hall–Kier alpha value is -5.41. The minimum absolute atomic E-state index is 0.209. The maximum absolute atomic E-state index is 12.7. The Morgan fingerprint density at radius 3 is 2.35 bits per heavy atom. The molecule has 4 aromatic rings. The summed E-state index contributed by atoms with van der Waals surface area (Å²) >= 11 is 0. The highest BCUT2D eigenvalue weighted by molar-refractivity contribution is 6.03. The van der Waals surface area contributed by atoms with E-state index in [1.165, 1.54) is 38.8 Å². The largest absolute Gasteiger partial charge is 0.508 e. The van der Waals surface area contributed by atoms with E-state index in [9.17, 15) is 19.5 Å². The van der Waals surface area contributed by atoms with Gasteiger partial charge in [0.1, 0.15) is 29.0 Å². The smallest absolute Gasteiger partial charge is 0.251 e. The second-order valence-electron chi connectivity index (χ2n) is 15.0. The van der Waals surface area contributed by atoms with Crippen LogP contribution in [-0.4, -0.2) is 71.5 Å². The van der Waals surface area contributed by atoms with Crippen LogP contribution in [0.25, 0.3) is 0 Å². The van der Waals surface area contributed by atoms with Crippen LogP contribution in [0, 0.1) is 0 Å². The van der Waals surface area contributed by atoms with Crippen molar-refractivity contribution in [1.29, 1.82) is 0 Å². The quantitative estimate of drug-likeness (QED) is 0.129. The van der Waals surface area contributed by atoms with Crippen LogP contribution >= 0.6 is 0 Å². The third-order valence-corrected chi connectivity index (χ3v) is 11.6. The maximum atomic E-state index is 12.7. The van der Waals surface area contributed by atoms with Crippen LogP contribution in [0.4, 0.5) is 0 Å². The summed E-state index contributed by atoms with van der Waals surface area (Å²) in [6.07, 6.45) is 7.06. The zero-order valence-electron chi connectivity index (χ0n) is 30.5. The molecular formula is C45H47N3O6. The molecule has 278 valence electrons. The van der Waals surface area contributed by atoms with Crippen LogP contribution < -0.4 is 14.8 Å². The predicted octanol–water partition coefficient (Wildman–Crippen LogP) is 6.81. The Labute approximate surface area is 316 Å². The van der Waals surface area contributed by atoms with Gasteiger partial charge < -0.3 is 24.4 Å². The number of amides is 3. The van der Waals surface area contributed by atoms with E-state index < -0.39 is 11.9 Å². The lowest BCUT2D eigenvalue weighted by molar-refractivity contribution is -0.142. The zero-order chi connectivity index (χ0) is 37.0. The third kappa shape index (κ3) is 7.92. The number of nitrogens with one attached hydrogen (secondary N) is 1. The van der Waals surface area contributed by atoms with Gasteiger partial charge >= 0.3 is 0 Å². The number of aromatic hydroxyl groups is 1. The molecule has 1 unspecified atom stereocenters. The van der Waals surface area contributed by atoms with Crippen LogP contribution in [0.2, 0.25) is 0 Å². The molecule has 8 rings (SSSR count). The van der Waals surface area contributed by atoms with Crippen molar-refractivity contribution < 1.29 is 29.0 Å². The van der Waals surface area contributed by atoms with Gasteiger partial charge in [-0.25, -0.2) is 0 Å². The number of piperidine rings is 2. The van der Waals surface area contributed by atoms with E-state index >= 15 is 0 Å². The number of phenols is 1. The van der Waals surface area contributed by atoms with Crippen molar-refractivity contribution in [3.8, 4) is 17.2 Å². The molecule has 0 bridgehead atoms. The number of carbonyl (C=O) groups is 3. The third-order valence-electron chi connectivity index (χ3n) is 11.6. The van der Waals surface area contributed by atoms with E-state index in [1.54, 1.807) is 0 Å². The van der Waals surface area contributed by atoms with Crippen molar-refractivity contribution in [2.45, 2.75) is 68.7 Å². The van der Waals surface area contributed by atoms with Gasteiger partial charge in [0.05, 0.1) is 13.2 Å². The summed E-state index contributed by atoms with van der Waals surface area (Å²) in [7, 11) is 0. The molecule has 2 N–H and O–H groups in total. The molecule has 9 heteroatoms. The van der Waals surface area contributed by atoms with Crippen molar-refractivity contribution in [3.63, 3.8) is 0 Å². The highest BCUT2D eigenvalue weighted by Crippen LogP contribution is 2.47. The molecule has 9 nitrogen and oxygen atoms in total. The predicted molar refractivity (Wildman–Crippen MR) is 205 cm³/mol. The van der Waals surface area contributed by atoms with Gasteiger partial charge in [0.25, 0.3) is 5.91 Å². The molecule has 3 atom stereocenters. The lowest BCUT2D eigenvalue weighted by Gasteiger charge is -2.35. The molecule has 3 heterocycles. The Balaban J connectivity index is 0.799. The summed E-state index contributed by atoms with van der Waals surface area (Å²) in [6, 6.07) is 32.7. The van der Waals surface area contributed by atoms with Crippen LogP contribution in [-0.2, 0) is 20.8 Å². The average molecular weight is 726 g/mol. The van der Waals surface area contributed by atoms with E-state index in [0.29, 0.717) is 42.1 Å². The van der Waals surface area contributed by atoms with Gasteiger partial charge in [-0.05, 0) is 128 Å². The molecule has 0 saturated carbocycles. The van der Waals surface area contributed by atoms with Gasteiger partial charge in [-0.1, -0.05) is 60.7 Å². The molecular weight excluding hydrogens is 679 g/mol. The minimum Gasteiger partial charge on any atom is -0.508 e. The van der Waals surface area contributed by atoms with E-state index in [4.69, 9.17) is 9.47 Å². The number of aryl methyl sites for hydroxylation is 1. The lowest BCUT2D eigenvalue weighted by atomic mass is 9.69.